The zero-order chi connectivity index (χ0) is 12.5. The lowest BCUT2D eigenvalue weighted by molar-refractivity contribution is 0.474. The van der Waals surface area contributed by atoms with Crippen molar-refractivity contribution in [1.29, 1.82) is 0 Å². The number of aromatic hydroxyl groups is 1. The quantitative estimate of drug-likeness (QED) is 0.759. The molecule has 1 heterocycles. The molecular weight excluding hydrogens is 266 g/mol. The first-order chi connectivity index (χ1) is 8.70. The summed E-state index contributed by atoms with van der Waals surface area (Å²) in [4.78, 5) is 4.55. The van der Waals surface area contributed by atoms with E-state index in [1.165, 1.54) is 0 Å². The molecule has 3 aromatic rings. The third-order valence-electron chi connectivity index (χ3n) is 2.66. The molecule has 90 valence electrons. The van der Waals surface area contributed by atoms with Crippen molar-refractivity contribution in [3.05, 3.63) is 58.1 Å². The van der Waals surface area contributed by atoms with Gasteiger partial charge in [-0.3, -0.25) is 0 Å². The van der Waals surface area contributed by atoms with E-state index >= 15 is 0 Å². The maximum atomic E-state index is 9.43. The number of rotatable bonds is 2. The van der Waals surface area contributed by atoms with Gasteiger partial charge < -0.3 is 5.11 Å². The molecule has 0 saturated heterocycles. The number of phenols is 1. The summed E-state index contributed by atoms with van der Waals surface area (Å²) in [5.74, 6) is 0.289. The van der Waals surface area contributed by atoms with E-state index < -0.39 is 0 Å². The Morgan fingerprint density at radius 1 is 1.17 bits per heavy atom. The largest absolute Gasteiger partial charge is 0.508 e. The Bertz CT molecular complexity index is 708. The van der Waals surface area contributed by atoms with Gasteiger partial charge in [0.2, 0.25) is 0 Å². The minimum absolute atomic E-state index is 0.289. The number of halogens is 1. The van der Waals surface area contributed by atoms with Gasteiger partial charge in [0.1, 0.15) is 5.75 Å². The minimum atomic E-state index is 0.289. The first-order valence-corrected chi connectivity index (χ1v) is 6.73. The molecule has 0 atom stereocenters. The summed E-state index contributed by atoms with van der Waals surface area (Å²) in [5.41, 5.74) is 1.99. The molecule has 0 aliphatic heterocycles. The number of hydrogen-bond acceptors (Lipinski definition) is 3. The van der Waals surface area contributed by atoms with Gasteiger partial charge >= 0.3 is 0 Å². The molecular formula is C14H10ClNOS. The van der Waals surface area contributed by atoms with Crippen molar-refractivity contribution >= 4 is 33.2 Å². The zero-order valence-corrected chi connectivity index (χ0v) is 11.0. The molecule has 0 radical (unpaired) electrons. The summed E-state index contributed by atoms with van der Waals surface area (Å²) < 4.78 is 1.13. The van der Waals surface area contributed by atoms with E-state index in [1.54, 1.807) is 23.5 Å². The number of thiazole rings is 1. The van der Waals surface area contributed by atoms with Gasteiger partial charge in [-0.25, -0.2) is 4.98 Å². The van der Waals surface area contributed by atoms with Crippen LogP contribution in [-0.4, -0.2) is 10.1 Å². The fourth-order valence-electron chi connectivity index (χ4n) is 1.86. The Morgan fingerprint density at radius 3 is 2.89 bits per heavy atom. The number of phenolic OH excluding ortho intramolecular Hbond substituents is 1. The van der Waals surface area contributed by atoms with E-state index in [0.29, 0.717) is 5.02 Å². The molecule has 0 aliphatic rings. The summed E-state index contributed by atoms with van der Waals surface area (Å²) in [6.45, 7) is 0. The second kappa shape index (κ2) is 4.59. The van der Waals surface area contributed by atoms with Crippen molar-refractivity contribution in [3.63, 3.8) is 0 Å². The Morgan fingerprint density at radius 2 is 2.06 bits per heavy atom. The lowest BCUT2D eigenvalue weighted by atomic mass is 10.1. The number of hydrogen-bond donors (Lipinski definition) is 1. The molecule has 3 rings (SSSR count). The lowest BCUT2D eigenvalue weighted by Crippen LogP contribution is -1.85. The van der Waals surface area contributed by atoms with Crippen LogP contribution in [-0.2, 0) is 6.42 Å². The van der Waals surface area contributed by atoms with Crippen LogP contribution in [0.2, 0.25) is 5.02 Å². The predicted octanol–water partition coefficient (Wildman–Crippen LogP) is 4.25. The maximum Gasteiger partial charge on any atom is 0.115 e. The molecule has 1 aromatic heterocycles. The molecule has 4 heteroatoms. The van der Waals surface area contributed by atoms with Crippen LogP contribution in [0.15, 0.2) is 42.5 Å². The molecule has 2 nitrogen and oxygen atoms in total. The van der Waals surface area contributed by atoms with Crippen molar-refractivity contribution < 1.29 is 5.11 Å². The van der Waals surface area contributed by atoms with E-state index in [0.717, 1.165) is 27.2 Å². The molecule has 0 saturated carbocycles. The summed E-state index contributed by atoms with van der Waals surface area (Å²) in [6, 6.07) is 13.0. The van der Waals surface area contributed by atoms with Crippen molar-refractivity contribution in [3.8, 4) is 5.75 Å². The average Bonchev–Trinajstić information content (AvgIpc) is 2.70. The Hall–Kier alpha value is -1.58. The van der Waals surface area contributed by atoms with Crippen molar-refractivity contribution in [2.75, 3.05) is 0 Å². The van der Waals surface area contributed by atoms with Crippen molar-refractivity contribution in [1.82, 2.24) is 4.98 Å². The highest BCUT2D eigenvalue weighted by Crippen LogP contribution is 2.26. The highest BCUT2D eigenvalue weighted by molar-refractivity contribution is 7.18. The maximum absolute atomic E-state index is 9.43. The standard InChI is InChI=1S/C14H10ClNOS/c15-10-4-5-13-12(8-10)16-14(18-13)7-9-2-1-3-11(17)6-9/h1-6,8,17H,7H2. The SMILES string of the molecule is Oc1cccc(Cc2nc3cc(Cl)ccc3s2)c1. The van der Waals surface area contributed by atoms with Gasteiger partial charge in [-0.1, -0.05) is 23.7 Å². The Balaban J connectivity index is 1.95. The fraction of sp³-hybridized carbons (Fsp3) is 0.0714. The van der Waals surface area contributed by atoms with E-state index in [1.807, 2.05) is 30.3 Å². The van der Waals surface area contributed by atoms with Crippen LogP contribution in [0.5, 0.6) is 5.75 Å². The van der Waals surface area contributed by atoms with Crippen LogP contribution in [0.4, 0.5) is 0 Å². The molecule has 0 bridgehead atoms. The summed E-state index contributed by atoms with van der Waals surface area (Å²) in [5, 5.41) is 11.2. The molecule has 1 N–H and O–H groups in total. The van der Waals surface area contributed by atoms with Crippen LogP contribution < -0.4 is 0 Å². The van der Waals surface area contributed by atoms with E-state index in [-0.39, 0.29) is 5.75 Å². The third-order valence-corrected chi connectivity index (χ3v) is 3.93. The Kier molecular flexibility index (Phi) is 2.94. The summed E-state index contributed by atoms with van der Waals surface area (Å²) in [7, 11) is 0. The molecule has 0 unspecified atom stereocenters. The normalized spacial score (nSPS) is 10.9. The van der Waals surface area contributed by atoms with Crippen LogP contribution in [0.3, 0.4) is 0 Å². The molecule has 0 spiro atoms. The van der Waals surface area contributed by atoms with Crippen molar-refractivity contribution in [2.45, 2.75) is 6.42 Å². The summed E-state index contributed by atoms with van der Waals surface area (Å²) in [6.07, 6.45) is 0.728. The topological polar surface area (TPSA) is 33.1 Å². The molecule has 0 aliphatic carbocycles. The second-order valence-electron chi connectivity index (χ2n) is 4.07. The highest BCUT2D eigenvalue weighted by atomic mass is 35.5. The Labute approximate surface area is 113 Å². The zero-order valence-electron chi connectivity index (χ0n) is 9.43. The number of nitrogens with zero attached hydrogens (tertiary/aromatic N) is 1. The number of fused-ring (bicyclic) bond motifs is 1. The van der Waals surface area contributed by atoms with Crippen LogP contribution in [0, 0.1) is 0 Å². The van der Waals surface area contributed by atoms with Gasteiger partial charge in [0.05, 0.1) is 15.2 Å². The van der Waals surface area contributed by atoms with Gasteiger partial charge in [0.15, 0.2) is 0 Å². The minimum Gasteiger partial charge on any atom is -0.508 e. The van der Waals surface area contributed by atoms with E-state index in [4.69, 9.17) is 11.6 Å². The van der Waals surface area contributed by atoms with E-state index in [9.17, 15) is 5.11 Å². The predicted molar refractivity (Wildman–Crippen MR) is 75.5 cm³/mol. The fourth-order valence-corrected chi connectivity index (χ4v) is 3.01. The van der Waals surface area contributed by atoms with Gasteiger partial charge in [0.25, 0.3) is 0 Å². The molecule has 0 amide bonds. The smallest absolute Gasteiger partial charge is 0.115 e. The third kappa shape index (κ3) is 2.33. The van der Waals surface area contributed by atoms with Gasteiger partial charge in [-0.2, -0.15) is 0 Å². The highest BCUT2D eigenvalue weighted by Gasteiger charge is 2.05. The van der Waals surface area contributed by atoms with Crippen LogP contribution in [0.1, 0.15) is 10.6 Å². The second-order valence-corrected chi connectivity index (χ2v) is 5.62. The number of aromatic nitrogens is 1. The molecule has 2 aromatic carbocycles. The average molecular weight is 276 g/mol. The van der Waals surface area contributed by atoms with Gasteiger partial charge in [0, 0.05) is 11.4 Å². The monoisotopic (exact) mass is 275 g/mol. The van der Waals surface area contributed by atoms with Gasteiger partial charge in [-0.15, -0.1) is 11.3 Å². The summed E-state index contributed by atoms with van der Waals surface area (Å²) >= 11 is 7.60. The molecule has 0 fully saturated rings. The van der Waals surface area contributed by atoms with Crippen LogP contribution >= 0.6 is 22.9 Å². The number of benzene rings is 2. The first-order valence-electron chi connectivity index (χ1n) is 5.53. The van der Waals surface area contributed by atoms with Gasteiger partial charge in [-0.05, 0) is 35.9 Å². The van der Waals surface area contributed by atoms with Crippen LogP contribution in [0.25, 0.3) is 10.2 Å². The lowest BCUT2D eigenvalue weighted by Gasteiger charge is -1.98. The van der Waals surface area contributed by atoms with E-state index in [2.05, 4.69) is 4.98 Å². The first kappa shape index (κ1) is 11.5. The molecule has 18 heavy (non-hydrogen) atoms. The van der Waals surface area contributed by atoms with Crippen molar-refractivity contribution in [2.24, 2.45) is 0 Å².